The summed E-state index contributed by atoms with van der Waals surface area (Å²) in [5.41, 5.74) is 1.13. The van der Waals surface area contributed by atoms with Crippen LogP contribution in [0.4, 0.5) is 5.69 Å². The fourth-order valence-electron chi connectivity index (χ4n) is 3.60. The van der Waals surface area contributed by atoms with Gasteiger partial charge in [-0.15, -0.1) is 0 Å². The van der Waals surface area contributed by atoms with Crippen LogP contribution in [-0.4, -0.2) is 38.8 Å². The van der Waals surface area contributed by atoms with E-state index in [9.17, 15) is 23.7 Å². The SMILES string of the molecule is COc1ccc(CN2C(=O)C(=C(C#N)C#N)c3cc(S(=O)(=O)N4CCC4)ccc32)cc1. The second-order valence-corrected chi connectivity index (χ2v) is 9.09. The number of sulfonamides is 1. The van der Waals surface area contributed by atoms with Gasteiger partial charge >= 0.3 is 0 Å². The molecule has 1 fully saturated rings. The molecule has 31 heavy (non-hydrogen) atoms. The lowest BCUT2D eigenvalue weighted by atomic mass is 10.0. The Bertz CT molecular complexity index is 1260. The highest BCUT2D eigenvalue weighted by atomic mass is 32.2. The van der Waals surface area contributed by atoms with Gasteiger partial charge in [0.25, 0.3) is 5.91 Å². The quantitative estimate of drug-likeness (QED) is 0.527. The number of hydrogen-bond donors (Lipinski definition) is 0. The number of nitriles is 2. The Hall–Kier alpha value is -3.66. The maximum Gasteiger partial charge on any atom is 0.261 e. The molecule has 0 saturated carbocycles. The van der Waals surface area contributed by atoms with E-state index in [0.717, 1.165) is 12.0 Å². The van der Waals surface area contributed by atoms with Crippen LogP contribution in [0.2, 0.25) is 0 Å². The number of fused-ring (bicyclic) bond motifs is 1. The molecule has 1 amide bonds. The summed E-state index contributed by atoms with van der Waals surface area (Å²) in [6.45, 7) is 1.10. The first-order valence-electron chi connectivity index (χ1n) is 9.54. The van der Waals surface area contributed by atoms with E-state index >= 15 is 0 Å². The molecule has 4 rings (SSSR count). The molecule has 1 saturated heterocycles. The fraction of sp³-hybridized carbons (Fsp3) is 0.227. The van der Waals surface area contributed by atoms with E-state index in [1.54, 1.807) is 37.4 Å². The van der Waals surface area contributed by atoms with Crippen molar-refractivity contribution in [2.75, 3.05) is 25.1 Å². The molecule has 0 unspecified atom stereocenters. The van der Waals surface area contributed by atoms with Gasteiger partial charge in [-0.2, -0.15) is 14.8 Å². The zero-order valence-electron chi connectivity index (χ0n) is 16.7. The first-order chi connectivity index (χ1) is 14.9. The Labute approximate surface area is 180 Å². The maximum atomic E-state index is 13.2. The summed E-state index contributed by atoms with van der Waals surface area (Å²) in [7, 11) is -2.13. The third kappa shape index (κ3) is 3.44. The number of anilines is 1. The van der Waals surface area contributed by atoms with Crippen LogP contribution in [0.15, 0.2) is 52.9 Å². The second-order valence-electron chi connectivity index (χ2n) is 7.15. The molecule has 2 aliphatic heterocycles. The van der Waals surface area contributed by atoms with Crippen LogP contribution in [0, 0.1) is 22.7 Å². The number of carbonyl (C=O) groups excluding carboxylic acids is 1. The van der Waals surface area contributed by atoms with E-state index in [-0.39, 0.29) is 28.1 Å². The molecule has 0 radical (unpaired) electrons. The topological polar surface area (TPSA) is 114 Å². The van der Waals surface area contributed by atoms with Crippen molar-refractivity contribution >= 4 is 27.2 Å². The summed E-state index contributed by atoms with van der Waals surface area (Å²) in [5.74, 6) is 0.164. The standard InChI is InChI=1S/C22H18N4O4S/c1-30-17-5-3-15(4-6-17)14-26-20-8-7-18(31(28,29)25-9-2-10-25)11-19(20)21(22(26)27)16(12-23)13-24/h3-8,11H,2,9-10,14H2,1H3. The highest BCUT2D eigenvalue weighted by molar-refractivity contribution is 7.89. The predicted molar refractivity (Wildman–Crippen MR) is 112 cm³/mol. The summed E-state index contributed by atoms with van der Waals surface area (Å²) >= 11 is 0. The Morgan fingerprint density at radius 3 is 2.32 bits per heavy atom. The number of allylic oxidation sites excluding steroid dienone is 1. The maximum absolute atomic E-state index is 13.2. The van der Waals surface area contributed by atoms with Gasteiger partial charge in [0.1, 0.15) is 23.5 Å². The molecule has 2 heterocycles. The molecule has 2 aliphatic rings. The largest absolute Gasteiger partial charge is 0.497 e. The number of rotatable bonds is 5. The van der Waals surface area contributed by atoms with Crippen LogP contribution in [-0.2, 0) is 21.4 Å². The normalized spacial score (nSPS) is 15.6. The predicted octanol–water partition coefficient (Wildman–Crippen LogP) is 2.44. The van der Waals surface area contributed by atoms with E-state index in [4.69, 9.17) is 4.74 Å². The average molecular weight is 434 g/mol. The van der Waals surface area contributed by atoms with Gasteiger partial charge in [0.05, 0.1) is 29.8 Å². The van der Waals surface area contributed by atoms with Gasteiger partial charge in [0, 0.05) is 18.7 Å². The smallest absolute Gasteiger partial charge is 0.261 e. The van der Waals surface area contributed by atoms with Crippen molar-refractivity contribution in [3.8, 4) is 17.9 Å². The number of benzene rings is 2. The minimum atomic E-state index is -3.69. The van der Waals surface area contributed by atoms with Gasteiger partial charge in [-0.1, -0.05) is 12.1 Å². The van der Waals surface area contributed by atoms with Crippen LogP contribution in [0.3, 0.4) is 0 Å². The highest BCUT2D eigenvalue weighted by Crippen LogP contribution is 2.41. The molecule has 0 aliphatic carbocycles. The summed E-state index contributed by atoms with van der Waals surface area (Å²) in [5, 5.41) is 18.8. The lowest BCUT2D eigenvalue weighted by Gasteiger charge is -2.29. The molecule has 2 aromatic carbocycles. The second kappa shape index (κ2) is 7.88. The average Bonchev–Trinajstić information content (AvgIpc) is 2.99. The van der Waals surface area contributed by atoms with Crippen molar-refractivity contribution in [1.82, 2.24) is 4.31 Å². The van der Waals surface area contributed by atoms with Crippen LogP contribution in [0.1, 0.15) is 17.5 Å². The van der Waals surface area contributed by atoms with Crippen molar-refractivity contribution < 1.29 is 17.9 Å². The summed E-state index contributed by atoms with van der Waals surface area (Å²) < 4.78 is 32.1. The Kier molecular flexibility index (Phi) is 5.24. The van der Waals surface area contributed by atoms with E-state index in [1.165, 1.54) is 21.3 Å². The van der Waals surface area contributed by atoms with E-state index in [2.05, 4.69) is 0 Å². The molecule has 0 N–H and O–H groups in total. The fourth-order valence-corrected chi connectivity index (χ4v) is 5.14. The Morgan fingerprint density at radius 2 is 1.77 bits per heavy atom. The number of hydrogen-bond acceptors (Lipinski definition) is 6. The molecule has 9 heteroatoms. The van der Waals surface area contributed by atoms with Crippen LogP contribution < -0.4 is 9.64 Å². The van der Waals surface area contributed by atoms with Gasteiger partial charge < -0.3 is 9.64 Å². The van der Waals surface area contributed by atoms with Crippen LogP contribution in [0.5, 0.6) is 5.75 Å². The van der Waals surface area contributed by atoms with Gasteiger partial charge in [0.2, 0.25) is 10.0 Å². The number of ether oxygens (including phenoxy) is 1. The van der Waals surface area contributed by atoms with Crippen molar-refractivity contribution in [3.05, 3.63) is 59.2 Å². The molecule has 156 valence electrons. The first-order valence-corrected chi connectivity index (χ1v) is 11.0. The van der Waals surface area contributed by atoms with Gasteiger partial charge in [-0.25, -0.2) is 8.42 Å². The van der Waals surface area contributed by atoms with Crippen LogP contribution >= 0.6 is 0 Å². The number of carbonyl (C=O) groups is 1. The highest BCUT2D eigenvalue weighted by Gasteiger charge is 2.37. The number of amides is 1. The van der Waals surface area contributed by atoms with E-state index in [0.29, 0.717) is 24.5 Å². The Balaban J connectivity index is 1.81. The molecular formula is C22H18N4O4S. The van der Waals surface area contributed by atoms with E-state index in [1.807, 2.05) is 12.1 Å². The molecule has 0 bridgehead atoms. The minimum Gasteiger partial charge on any atom is -0.497 e. The van der Waals surface area contributed by atoms with Gasteiger partial charge in [0.15, 0.2) is 0 Å². The first kappa shape index (κ1) is 20.6. The molecule has 0 atom stereocenters. The number of nitrogens with zero attached hydrogens (tertiary/aromatic N) is 4. The van der Waals surface area contributed by atoms with Crippen molar-refractivity contribution in [2.24, 2.45) is 0 Å². The molecule has 2 aromatic rings. The number of methoxy groups -OCH3 is 1. The zero-order valence-corrected chi connectivity index (χ0v) is 17.5. The van der Waals surface area contributed by atoms with Gasteiger partial charge in [-0.05, 0) is 42.3 Å². The van der Waals surface area contributed by atoms with E-state index < -0.39 is 15.9 Å². The third-order valence-corrected chi connectivity index (χ3v) is 7.31. The summed E-state index contributed by atoms with van der Waals surface area (Å²) in [4.78, 5) is 14.7. The zero-order chi connectivity index (χ0) is 22.2. The molecule has 0 spiro atoms. The Morgan fingerprint density at radius 1 is 1.10 bits per heavy atom. The monoisotopic (exact) mass is 434 g/mol. The third-order valence-electron chi connectivity index (χ3n) is 5.41. The minimum absolute atomic E-state index is 0.0396. The lowest BCUT2D eigenvalue weighted by Crippen LogP contribution is -2.41. The lowest BCUT2D eigenvalue weighted by molar-refractivity contribution is -0.113. The van der Waals surface area contributed by atoms with Crippen molar-refractivity contribution in [2.45, 2.75) is 17.9 Å². The summed E-state index contributed by atoms with van der Waals surface area (Å²) in [6, 6.07) is 15.1. The molecule has 8 nitrogen and oxygen atoms in total. The summed E-state index contributed by atoms with van der Waals surface area (Å²) in [6.07, 6.45) is 0.802. The molecule has 0 aromatic heterocycles. The van der Waals surface area contributed by atoms with Gasteiger partial charge in [-0.3, -0.25) is 4.79 Å². The van der Waals surface area contributed by atoms with Crippen molar-refractivity contribution in [1.29, 1.82) is 10.5 Å². The molecular weight excluding hydrogens is 416 g/mol. The van der Waals surface area contributed by atoms with Crippen molar-refractivity contribution in [3.63, 3.8) is 0 Å². The van der Waals surface area contributed by atoms with Crippen LogP contribution in [0.25, 0.3) is 5.57 Å².